The molecule has 4 aromatic rings. The second kappa shape index (κ2) is 6.11. The van der Waals surface area contributed by atoms with Crippen molar-refractivity contribution in [2.45, 2.75) is 4.90 Å². The van der Waals surface area contributed by atoms with Crippen molar-refractivity contribution in [3.8, 4) is 22.4 Å². The van der Waals surface area contributed by atoms with Crippen LogP contribution in [0.5, 0.6) is 0 Å². The molecule has 0 bridgehead atoms. The zero-order valence-corrected chi connectivity index (χ0v) is 14.8. The number of para-hydroxylation sites is 1. The number of nitrogens with one attached hydrogen (secondary N) is 1. The first-order chi connectivity index (χ1) is 12.4. The number of sulfone groups is 1. The molecular weight excluding hydrogens is 348 g/mol. The van der Waals surface area contributed by atoms with Crippen LogP contribution in [-0.2, 0) is 9.84 Å². The Morgan fingerprint density at radius 1 is 0.808 bits per heavy atom. The highest BCUT2D eigenvalue weighted by molar-refractivity contribution is 7.90. The molecule has 1 heterocycles. The zero-order valence-electron chi connectivity index (χ0n) is 14.0. The Morgan fingerprint density at radius 3 is 2.08 bits per heavy atom. The molecule has 0 saturated carbocycles. The van der Waals surface area contributed by atoms with Crippen molar-refractivity contribution in [2.75, 3.05) is 6.26 Å². The molecule has 0 unspecified atom stereocenters. The van der Waals surface area contributed by atoms with Crippen LogP contribution in [0.2, 0.25) is 0 Å². The third kappa shape index (κ3) is 2.91. The quantitative estimate of drug-likeness (QED) is 0.553. The second-order valence-electron chi connectivity index (χ2n) is 6.22. The summed E-state index contributed by atoms with van der Waals surface area (Å²) in [6.45, 7) is 0. The Bertz CT molecular complexity index is 1190. The van der Waals surface area contributed by atoms with Crippen LogP contribution in [0, 0.1) is 5.82 Å². The van der Waals surface area contributed by atoms with Gasteiger partial charge in [-0.05, 0) is 41.5 Å². The van der Waals surface area contributed by atoms with Gasteiger partial charge in [0.1, 0.15) is 5.82 Å². The maximum absolute atomic E-state index is 13.4. The van der Waals surface area contributed by atoms with Crippen molar-refractivity contribution in [2.24, 2.45) is 0 Å². The Morgan fingerprint density at radius 2 is 1.42 bits per heavy atom. The van der Waals surface area contributed by atoms with Crippen LogP contribution >= 0.6 is 0 Å². The Hall–Kier alpha value is -2.92. The van der Waals surface area contributed by atoms with Gasteiger partial charge in [0, 0.05) is 22.7 Å². The molecule has 3 nitrogen and oxygen atoms in total. The topological polar surface area (TPSA) is 49.9 Å². The molecule has 1 N–H and O–H groups in total. The van der Waals surface area contributed by atoms with Crippen LogP contribution < -0.4 is 0 Å². The van der Waals surface area contributed by atoms with Gasteiger partial charge in [0.15, 0.2) is 9.84 Å². The first-order valence-corrected chi connectivity index (χ1v) is 10.00. The molecule has 0 aliphatic carbocycles. The highest BCUT2D eigenvalue weighted by Crippen LogP contribution is 2.38. The van der Waals surface area contributed by atoms with E-state index in [1.807, 2.05) is 24.3 Å². The predicted octanol–water partition coefficient (Wildman–Crippen LogP) is 5.04. The monoisotopic (exact) mass is 364 g/mol. The second-order valence-corrected chi connectivity index (χ2v) is 8.24. The third-order valence-electron chi connectivity index (χ3n) is 4.41. The number of benzene rings is 3. The fraction of sp³-hybridized carbons (Fsp3) is 0.0476. The number of fused-ring (bicyclic) bond motifs is 1. The fourth-order valence-corrected chi connectivity index (χ4v) is 3.77. The largest absolute Gasteiger partial charge is 0.354 e. The summed E-state index contributed by atoms with van der Waals surface area (Å²) in [5.74, 6) is -0.285. The number of rotatable bonds is 3. The molecule has 0 fully saturated rings. The normalized spacial score (nSPS) is 11.8. The van der Waals surface area contributed by atoms with Crippen molar-refractivity contribution in [3.05, 3.63) is 78.6 Å². The Kier molecular flexibility index (Phi) is 3.89. The molecule has 0 atom stereocenters. The maximum Gasteiger partial charge on any atom is 0.175 e. The Balaban J connectivity index is 1.95. The van der Waals surface area contributed by atoms with Gasteiger partial charge < -0.3 is 4.98 Å². The lowest BCUT2D eigenvalue weighted by atomic mass is 9.98. The van der Waals surface area contributed by atoms with Crippen molar-refractivity contribution < 1.29 is 12.8 Å². The SMILES string of the molecule is CS(=O)(=O)c1ccc(-c2[nH]c3ccccc3c2-c2ccc([18F])cc2)cc1. The minimum atomic E-state index is -3.25. The summed E-state index contributed by atoms with van der Waals surface area (Å²) in [6.07, 6.45) is 1.19. The molecule has 1 aromatic heterocycles. The lowest BCUT2D eigenvalue weighted by Crippen LogP contribution is -1.96. The molecule has 130 valence electrons. The molecule has 5 heteroatoms. The van der Waals surface area contributed by atoms with E-state index in [2.05, 4.69) is 4.98 Å². The Labute approximate surface area is 151 Å². The lowest BCUT2D eigenvalue weighted by molar-refractivity contribution is 0.602. The van der Waals surface area contributed by atoms with E-state index in [0.717, 1.165) is 33.3 Å². The van der Waals surface area contributed by atoms with E-state index >= 15 is 0 Å². The first kappa shape index (κ1) is 16.5. The molecule has 0 aliphatic rings. The predicted molar refractivity (Wildman–Crippen MR) is 102 cm³/mol. The number of aromatic amines is 1. The highest BCUT2D eigenvalue weighted by Gasteiger charge is 2.16. The minimum Gasteiger partial charge on any atom is -0.354 e. The van der Waals surface area contributed by atoms with Crippen molar-refractivity contribution >= 4 is 20.7 Å². The molecule has 26 heavy (non-hydrogen) atoms. The average molecular weight is 364 g/mol. The minimum absolute atomic E-state index is 0.278. The summed E-state index contributed by atoms with van der Waals surface area (Å²) in [4.78, 5) is 3.69. The summed E-state index contributed by atoms with van der Waals surface area (Å²) in [5, 5.41) is 1.03. The van der Waals surface area contributed by atoms with Crippen LogP contribution in [0.25, 0.3) is 33.3 Å². The van der Waals surface area contributed by atoms with Gasteiger partial charge in [-0.25, -0.2) is 12.8 Å². The van der Waals surface area contributed by atoms with E-state index in [-0.39, 0.29) is 10.7 Å². The molecular formula is C21H16FNO2S. The van der Waals surface area contributed by atoms with Crippen LogP contribution in [-0.4, -0.2) is 19.7 Å². The smallest absolute Gasteiger partial charge is 0.175 e. The van der Waals surface area contributed by atoms with Crippen LogP contribution in [0.15, 0.2) is 77.7 Å². The van der Waals surface area contributed by atoms with Crippen LogP contribution in [0.1, 0.15) is 0 Å². The lowest BCUT2D eigenvalue weighted by Gasteiger charge is -2.07. The summed E-state index contributed by atoms with van der Waals surface area (Å²) < 4.78 is 36.8. The van der Waals surface area contributed by atoms with Gasteiger partial charge in [-0.15, -0.1) is 0 Å². The van der Waals surface area contributed by atoms with E-state index < -0.39 is 9.84 Å². The number of halogens is 1. The summed E-state index contributed by atoms with van der Waals surface area (Å²) >= 11 is 0. The van der Waals surface area contributed by atoms with E-state index in [1.54, 1.807) is 36.4 Å². The van der Waals surface area contributed by atoms with Gasteiger partial charge >= 0.3 is 0 Å². The van der Waals surface area contributed by atoms with Gasteiger partial charge in [-0.2, -0.15) is 0 Å². The van der Waals surface area contributed by atoms with Gasteiger partial charge in [-0.1, -0.05) is 42.5 Å². The van der Waals surface area contributed by atoms with Gasteiger partial charge in [0.2, 0.25) is 0 Å². The molecule has 0 saturated heterocycles. The number of hydrogen-bond acceptors (Lipinski definition) is 2. The van der Waals surface area contributed by atoms with Gasteiger partial charge in [0.25, 0.3) is 0 Å². The van der Waals surface area contributed by atoms with E-state index in [0.29, 0.717) is 0 Å². The van der Waals surface area contributed by atoms with E-state index in [4.69, 9.17) is 0 Å². The molecule has 0 aliphatic heterocycles. The molecule has 4 rings (SSSR count). The van der Waals surface area contributed by atoms with E-state index in [9.17, 15) is 12.8 Å². The highest BCUT2D eigenvalue weighted by atomic mass is 32.2. The van der Waals surface area contributed by atoms with Crippen molar-refractivity contribution in [1.82, 2.24) is 4.98 Å². The first-order valence-electron chi connectivity index (χ1n) is 8.10. The average Bonchev–Trinajstić information content (AvgIpc) is 3.01. The maximum atomic E-state index is 13.4. The molecule has 0 radical (unpaired) electrons. The zero-order chi connectivity index (χ0) is 18.3. The molecule has 0 amide bonds. The molecule has 3 aromatic carbocycles. The van der Waals surface area contributed by atoms with Crippen LogP contribution in [0.3, 0.4) is 0 Å². The third-order valence-corrected chi connectivity index (χ3v) is 5.54. The number of aromatic nitrogens is 1. The number of hydrogen-bond donors (Lipinski definition) is 1. The van der Waals surface area contributed by atoms with Crippen molar-refractivity contribution in [3.63, 3.8) is 0 Å². The summed E-state index contributed by atoms with van der Waals surface area (Å²) in [5.41, 5.74) is 4.57. The van der Waals surface area contributed by atoms with E-state index in [1.165, 1.54) is 18.4 Å². The summed E-state index contributed by atoms with van der Waals surface area (Å²) in [6, 6.07) is 21.1. The van der Waals surface area contributed by atoms with Gasteiger partial charge in [-0.3, -0.25) is 0 Å². The van der Waals surface area contributed by atoms with Crippen molar-refractivity contribution in [1.29, 1.82) is 0 Å². The standard InChI is InChI=1S/C21H16FNO2S/c1-26(24,25)17-12-8-15(9-13-17)21-20(14-6-10-16(22)11-7-14)18-4-2-3-5-19(18)23-21/h2-13,23H,1H3/i22-1. The molecule has 0 spiro atoms. The van der Waals surface area contributed by atoms with Crippen LogP contribution in [0.4, 0.5) is 4.39 Å². The van der Waals surface area contributed by atoms with Gasteiger partial charge in [0.05, 0.1) is 10.6 Å². The summed E-state index contributed by atoms with van der Waals surface area (Å²) in [7, 11) is -3.25. The fourth-order valence-electron chi connectivity index (χ4n) is 3.14. The number of H-pyrrole nitrogens is 1.